The lowest BCUT2D eigenvalue weighted by molar-refractivity contribution is 0.243. The van der Waals surface area contributed by atoms with Gasteiger partial charge in [0.1, 0.15) is 5.75 Å². The minimum absolute atomic E-state index is 0.695. The molecule has 0 N–H and O–H groups in total. The minimum Gasteiger partial charge on any atom is -0.496 e. The van der Waals surface area contributed by atoms with Crippen LogP contribution in [0.3, 0.4) is 0 Å². The molecule has 24 heavy (non-hydrogen) atoms. The van der Waals surface area contributed by atoms with E-state index in [-0.39, 0.29) is 0 Å². The summed E-state index contributed by atoms with van der Waals surface area (Å²) in [5, 5.41) is 0. The average Bonchev–Trinajstić information content (AvgIpc) is 2.94. The fraction of sp³-hybridized carbons (Fsp3) is 0.684. The molecule has 0 amide bonds. The van der Waals surface area contributed by atoms with Crippen LogP contribution < -0.4 is 14.2 Å². The zero-order valence-corrected chi connectivity index (χ0v) is 15.2. The van der Waals surface area contributed by atoms with Gasteiger partial charge in [-0.3, -0.25) is 4.90 Å². The van der Waals surface area contributed by atoms with Crippen molar-refractivity contribution in [3.63, 3.8) is 0 Å². The topological polar surface area (TPSA) is 34.2 Å². The molecule has 134 valence electrons. The van der Waals surface area contributed by atoms with Crippen molar-refractivity contribution in [3.8, 4) is 17.2 Å². The second kappa shape index (κ2) is 8.08. The number of benzene rings is 1. The molecule has 0 spiro atoms. The van der Waals surface area contributed by atoms with Crippen LogP contribution in [-0.4, -0.2) is 63.4 Å². The molecule has 0 saturated carbocycles. The number of ether oxygens (including phenoxy) is 3. The fourth-order valence-electron chi connectivity index (χ4n) is 3.60. The van der Waals surface area contributed by atoms with Crippen molar-refractivity contribution in [3.05, 3.63) is 17.7 Å². The summed E-state index contributed by atoms with van der Waals surface area (Å²) in [6, 6.07) is 4.78. The van der Waals surface area contributed by atoms with Crippen LogP contribution in [-0.2, 0) is 6.54 Å². The molecule has 1 saturated heterocycles. The Morgan fingerprint density at radius 3 is 2.54 bits per heavy atom. The van der Waals surface area contributed by atoms with Gasteiger partial charge in [-0.2, -0.15) is 0 Å². The van der Waals surface area contributed by atoms with Gasteiger partial charge in [0.05, 0.1) is 20.3 Å². The second-order valence-corrected chi connectivity index (χ2v) is 6.99. The predicted molar refractivity (Wildman–Crippen MR) is 95.2 cm³/mol. The summed E-state index contributed by atoms with van der Waals surface area (Å²) in [4.78, 5) is 4.89. The van der Waals surface area contributed by atoms with Crippen LogP contribution in [0.5, 0.6) is 17.2 Å². The lowest BCUT2D eigenvalue weighted by Crippen LogP contribution is -2.30. The Morgan fingerprint density at radius 2 is 1.83 bits per heavy atom. The minimum atomic E-state index is 0.695. The van der Waals surface area contributed by atoms with Crippen LogP contribution in [0.15, 0.2) is 12.1 Å². The maximum Gasteiger partial charge on any atom is 0.164 e. The van der Waals surface area contributed by atoms with Crippen LogP contribution in [0.1, 0.15) is 31.2 Å². The summed E-state index contributed by atoms with van der Waals surface area (Å²) in [5.74, 6) is 2.55. The van der Waals surface area contributed by atoms with Gasteiger partial charge in [0, 0.05) is 30.6 Å². The molecule has 1 fully saturated rings. The molecule has 1 atom stereocenters. The number of fused-ring (bicyclic) bond motifs is 1. The highest BCUT2D eigenvalue weighted by Gasteiger charge is 2.21. The molecule has 2 aliphatic rings. The largest absolute Gasteiger partial charge is 0.496 e. The van der Waals surface area contributed by atoms with Crippen molar-refractivity contribution in [1.29, 1.82) is 0 Å². The van der Waals surface area contributed by atoms with Crippen LogP contribution in [0.4, 0.5) is 0 Å². The molecule has 0 aliphatic carbocycles. The predicted octanol–water partition coefficient (Wildman–Crippen LogP) is 2.77. The van der Waals surface area contributed by atoms with E-state index >= 15 is 0 Å². The van der Waals surface area contributed by atoms with Gasteiger partial charge in [0.15, 0.2) is 11.5 Å². The molecule has 3 rings (SSSR count). The number of hydrogen-bond acceptors (Lipinski definition) is 5. The molecule has 5 heteroatoms. The van der Waals surface area contributed by atoms with Gasteiger partial charge in [0.2, 0.25) is 0 Å². The average molecular weight is 334 g/mol. The number of methoxy groups -OCH3 is 1. The maximum atomic E-state index is 5.85. The van der Waals surface area contributed by atoms with Crippen molar-refractivity contribution in [1.82, 2.24) is 9.80 Å². The first-order valence-electron chi connectivity index (χ1n) is 9.02. The van der Waals surface area contributed by atoms with Crippen molar-refractivity contribution < 1.29 is 14.2 Å². The third-order valence-corrected chi connectivity index (χ3v) is 5.07. The van der Waals surface area contributed by atoms with Gasteiger partial charge >= 0.3 is 0 Å². The molecule has 0 bridgehead atoms. The van der Waals surface area contributed by atoms with E-state index < -0.39 is 0 Å². The number of likely N-dealkylation sites (tertiary alicyclic amines) is 1. The third-order valence-electron chi connectivity index (χ3n) is 5.07. The van der Waals surface area contributed by atoms with Gasteiger partial charge in [-0.15, -0.1) is 0 Å². The Bertz CT molecular complexity index is 548. The van der Waals surface area contributed by atoms with Crippen LogP contribution in [0.2, 0.25) is 0 Å². The Labute approximate surface area is 145 Å². The van der Waals surface area contributed by atoms with E-state index in [0.29, 0.717) is 19.3 Å². The van der Waals surface area contributed by atoms with E-state index in [1.54, 1.807) is 7.11 Å². The molecule has 5 nitrogen and oxygen atoms in total. The Balaban J connectivity index is 1.73. The number of nitrogens with zero attached hydrogens (tertiary/aromatic N) is 2. The molecule has 2 aliphatic heterocycles. The molecular formula is C19H30N2O3. The maximum absolute atomic E-state index is 5.85. The fourth-order valence-corrected chi connectivity index (χ4v) is 3.60. The molecule has 0 aromatic heterocycles. The van der Waals surface area contributed by atoms with Gasteiger partial charge < -0.3 is 19.1 Å². The van der Waals surface area contributed by atoms with Gasteiger partial charge in [-0.25, -0.2) is 0 Å². The standard InChI is InChI=1S/C19H30N2O3/c1-20(2)16-6-4-8-21(9-7-16)14-15-12-18-19(13-17(15)22-3)24-11-5-10-23-18/h12-13,16H,4-11,14H2,1-3H3/t16-/m0/s1. The third kappa shape index (κ3) is 4.14. The summed E-state index contributed by atoms with van der Waals surface area (Å²) in [6.45, 7) is 4.59. The number of rotatable bonds is 4. The van der Waals surface area contributed by atoms with E-state index in [4.69, 9.17) is 14.2 Å². The monoisotopic (exact) mass is 334 g/mol. The van der Waals surface area contributed by atoms with E-state index in [1.807, 2.05) is 6.07 Å². The zero-order chi connectivity index (χ0) is 16.9. The van der Waals surface area contributed by atoms with Crippen molar-refractivity contribution in [2.45, 2.75) is 38.3 Å². The Hall–Kier alpha value is -1.46. The quantitative estimate of drug-likeness (QED) is 0.846. The van der Waals surface area contributed by atoms with Gasteiger partial charge in [0.25, 0.3) is 0 Å². The summed E-state index contributed by atoms with van der Waals surface area (Å²) < 4.78 is 17.2. The SMILES string of the molecule is COc1cc2c(cc1CN1CCC[C@H](N(C)C)CC1)OCCCO2. The molecule has 0 unspecified atom stereocenters. The first-order valence-corrected chi connectivity index (χ1v) is 9.02. The van der Waals surface area contributed by atoms with Crippen molar-refractivity contribution in [2.24, 2.45) is 0 Å². The van der Waals surface area contributed by atoms with E-state index in [2.05, 4.69) is 30.0 Å². The van der Waals surface area contributed by atoms with Crippen LogP contribution in [0.25, 0.3) is 0 Å². The molecule has 2 heterocycles. The van der Waals surface area contributed by atoms with Gasteiger partial charge in [-0.1, -0.05) is 0 Å². The molecule has 1 aromatic rings. The lowest BCUT2D eigenvalue weighted by atomic mass is 10.1. The first-order chi connectivity index (χ1) is 11.7. The Kier molecular flexibility index (Phi) is 5.85. The summed E-state index contributed by atoms with van der Waals surface area (Å²) in [5.41, 5.74) is 1.19. The van der Waals surface area contributed by atoms with Crippen LogP contribution >= 0.6 is 0 Å². The summed E-state index contributed by atoms with van der Waals surface area (Å²) in [6.07, 6.45) is 4.67. The van der Waals surface area contributed by atoms with E-state index in [1.165, 1.54) is 24.8 Å². The number of hydrogen-bond donors (Lipinski definition) is 0. The van der Waals surface area contributed by atoms with E-state index in [9.17, 15) is 0 Å². The van der Waals surface area contributed by atoms with Gasteiger partial charge in [-0.05, 0) is 52.5 Å². The molecular weight excluding hydrogens is 304 g/mol. The highest BCUT2D eigenvalue weighted by Crippen LogP contribution is 2.37. The summed E-state index contributed by atoms with van der Waals surface area (Å²) >= 11 is 0. The zero-order valence-electron chi connectivity index (χ0n) is 15.2. The van der Waals surface area contributed by atoms with Crippen LogP contribution in [0, 0.1) is 0 Å². The molecule has 0 radical (unpaired) electrons. The normalized spacial score (nSPS) is 22.1. The Morgan fingerprint density at radius 1 is 1.08 bits per heavy atom. The summed E-state index contributed by atoms with van der Waals surface area (Å²) in [7, 11) is 6.10. The molecule has 1 aromatic carbocycles. The van der Waals surface area contributed by atoms with E-state index in [0.717, 1.165) is 43.3 Å². The second-order valence-electron chi connectivity index (χ2n) is 6.99. The first kappa shape index (κ1) is 17.4. The van der Waals surface area contributed by atoms with Crippen molar-refractivity contribution >= 4 is 0 Å². The smallest absolute Gasteiger partial charge is 0.164 e. The van der Waals surface area contributed by atoms with Crippen molar-refractivity contribution in [2.75, 3.05) is 47.5 Å². The highest BCUT2D eigenvalue weighted by molar-refractivity contribution is 5.51. The highest BCUT2D eigenvalue weighted by atomic mass is 16.5. The lowest BCUT2D eigenvalue weighted by Gasteiger charge is -2.24.